The molecule has 5 heteroatoms. The predicted octanol–water partition coefficient (Wildman–Crippen LogP) is 1.89. The highest BCUT2D eigenvalue weighted by Crippen LogP contribution is 2.30. The molecule has 2 fully saturated rings. The van der Waals surface area contributed by atoms with Crippen molar-refractivity contribution in [1.29, 1.82) is 0 Å². The Hall–Kier alpha value is -1.88. The van der Waals surface area contributed by atoms with E-state index >= 15 is 0 Å². The summed E-state index contributed by atoms with van der Waals surface area (Å²) in [5.74, 6) is 0.583. The first kappa shape index (κ1) is 16.0. The Balaban J connectivity index is 1.74. The molecular formula is C18H24N2O3. The van der Waals surface area contributed by atoms with E-state index in [9.17, 15) is 9.59 Å². The molecule has 0 unspecified atom stereocenters. The molecule has 1 saturated heterocycles. The molecule has 0 aromatic heterocycles. The van der Waals surface area contributed by atoms with Crippen LogP contribution >= 0.6 is 0 Å². The molecule has 2 amide bonds. The Morgan fingerprint density at radius 2 is 2.09 bits per heavy atom. The Morgan fingerprint density at radius 3 is 2.78 bits per heavy atom. The quantitative estimate of drug-likeness (QED) is 0.902. The largest absolute Gasteiger partial charge is 0.368 e. The fourth-order valence-corrected chi connectivity index (χ4v) is 2.94. The molecular weight excluding hydrogens is 292 g/mol. The van der Waals surface area contributed by atoms with Gasteiger partial charge in [-0.15, -0.1) is 0 Å². The summed E-state index contributed by atoms with van der Waals surface area (Å²) in [7, 11) is 0. The van der Waals surface area contributed by atoms with Gasteiger partial charge in [-0.2, -0.15) is 0 Å². The highest BCUT2D eigenvalue weighted by Gasteiger charge is 2.33. The molecule has 3 rings (SSSR count). The second-order valence-electron chi connectivity index (χ2n) is 6.43. The minimum atomic E-state index is -0.463. The van der Waals surface area contributed by atoms with Crippen LogP contribution in [0.25, 0.3) is 0 Å². The molecule has 2 aliphatic rings. The number of hydrogen-bond donors (Lipinski definition) is 1. The Kier molecular flexibility index (Phi) is 4.96. The van der Waals surface area contributed by atoms with E-state index in [1.54, 1.807) is 4.90 Å². The van der Waals surface area contributed by atoms with Crippen LogP contribution in [-0.4, -0.2) is 42.5 Å². The van der Waals surface area contributed by atoms with Crippen LogP contribution in [0.15, 0.2) is 30.3 Å². The first-order valence-corrected chi connectivity index (χ1v) is 8.39. The standard InChI is InChI=1S/C18H24N2O3/c1-13(23-12-14-7-8-14)18(22)20-10-9-19-17(21)11-16(20)15-5-3-2-4-6-15/h2-6,13-14,16H,7-12H2,1H3,(H,19,21)/t13-,16-/m0/s1. The molecule has 1 N–H and O–H groups in total. The van der Waals surface area contributed by atoms with Crippen molar-refractivity contribution in [3.63, 3.8) is 0 Å². The molecule has 1 aromatic rings. The molecule has 0 spiro atoms. The van der Waals surface area contributed by atoms with Crippen LogP contribution in [0.4, 0.5) is 0 Å². The third kappa shape index (κ3) is 4.10. The molecule has 1 heterocycles. The maximum absolute atomic E-state index is 12.8. The molecule has 5 nitrogen and oxygen atoms in total. The van der Waals surface area contributed by atoms with Crippen molar-refractivity contribution in [1.82, 2.24) is 10.2 Å². The number of carbonyl (C=O) groups is 2. The summed E-state index contributed by atoms with van der Waals surface area (Å²) in [4.78, 5) is 26.6. The average molecular weight is 316 g/mol. The Bertz CT molecular complexity index is 557. The lowest BCUT2D eigenvalue weighted by Crippen LogP contribution is -2.42. The van der Waals surface area contributed by atoms with E-state index in [0.717, 1.165) is 5.56 Å². The second-order valence-corrected chi connectivity index (χ2v) is 6.43. The minimum absolute atomic E-state index is 0.0132. The molecule has 1 saturated carbocycles. The summed E-state index contributed by atoms with van der Waals surface area (Å²) in [5, 5.41) is 2.85. The summed E-state index contributed by atoms with van der Waals surface area (Å²) in [6.07, 6.45) is 2.24. The van der Waals surface area contributed by atoms with E-state index in [2.05, 4.69) is 5.32 Å². The Morgan fingerprint density at radius 1 is 1.35 bits per heavy atom. The van der Waals surface area contributed by atoms with Crippen molar-refractivity contribution in [2.75, 3.05) is 19.7 Å². The van der Waals surface area contributed by atoms with E-state index in [1.807, 2.05) is 37.3 Å². The second kappa shape index (κ2) is 7.13. The zero-order valence-corrected chi connectivity index (χ0v) is 13.5. The fraction of sp³-hybridized carbons (Fsp3) is 0.556. The normalized spacial score (nSPS) is 23.1. The fourth-order valence-electron chi connectivity index (χ4n) is 2.94. The van der Waals surface area contributed by atoms with Gasteiger partial charge in [-0.3, -0.25) is 9.59 Å². The van der Waals surface area contributed by atoms with Crippen LogP contribution < -0.4 is 5.32 Å². The number of rotatable bonds is 5. The highest BCUT2D eigenvalue weighted by molar-refractivity contribution is 5.83. The number of carbonyl (C=O) groups excluding carboxylic acids is 2. The maximum atomic E-state index is 12.8. The first-order valence-electron chi connectivity index (χ1n) is 8.39. The van der Waals surface area contributed by atoms with Gasteiger partial charge in [-0.1, -0.05) is 30.3 Å². The van der Waals surface area contributed by atoms with Gasteiger partial charge in [0, 0.05) is 13.1 Å². The van der Waals surface area contributed by atoms with Gasteiger partial charge in [0.05, 0.1) is 19.1 Å². The summed E-state index contributed by atoms with van der Waals surface area (Å²) in [6.45, 7) is 3.48. The van der Waals surface area contributed by atoms with Gasteiger partial charge in [0.1, 0.15) is 6.10 Å². The van der Waals surface area contributed by atoms with Gasteiger partial charge in [0.15, 0.2) is 0 Å². The van der Waals surface area contributed by atoms with Crippen LogP contribution in [0.5, 0.6) is 0 Å². The van der Waals surface area contributed by atoms with Gasteiger partial charge >= 0.3 is 0 Å². The number of nitrogens with one attached hydrogen (secondary N) is 1. The van der Waals surface area contributed by atoms with Crippen molar-refractivity contribution in [3.8, 4) is 0 Å². The smallest absolute Gasteiger partial charge is 0.251 e. The molecule has 23 heavy (non-hydrogen) atoms. The van der Waals surface area contributed by atoms with E-state index < -0.39 is 6.10 Å². The monoisotopic (exact) mass is 316 g/mol. The average Bonchev–Trinajstić information content (AvgIpc) is 3.40. The van der Waals surface area contributed by atoms with E-state index in [0.29, 0.717) is 32.0 Å². The lowest BCUT2D eigenvalue weighted by Gasteiger charge is -2.31. The first-order chi connectivity index (χ1) is 11.1. The van der Waals surface area contributed by atoms with Crippen LogP contribution in [0.1, 0.15) is 37.8 Å². The van der Waals surface area contributed by atoms with Crippen molar-refractivity contribution in [2.45, 2.75) is 38.3 Å². The van der Waals surface area contributed by atoms with Gasteiger partial charge < -0.3 is 15.0 Å². The lowest BCUT2D eigenvalue weighted by atomic mass is 10.0. The third-order valence-corrected chi connectivity index (χ3v) is 4.52. The van der Waals surface area contributed by atoms with Crippen molar-refractivity contribution >= 4 is 11.8 Å². The highest BCUT2D eigenvalue weighted by atomic mass is 16.5. The molecule has 124 valence electrons. The van der Waals surface area contributed by atoms with E-state index in [-0.39, 0.29) is 17.9 Å². The predicted molar refractivity (Wildman–Crippen MR) is 86.7 cm³/mol. The van der Waals surface area contributed by atoms with E-state index in [1.165, 1.54) is 12.8 Å². The molecule has 1 aliphatic carbocycles. The Labute approximate surface area is 137 Å². The van der Waals surface area contributed by atoms with Gasteiger partial charge in [0.2, 0.25) is 5.91 Å². The molecule has 2 atom stereocenters. The van der Waals surface area contributed by atoms with Crippen LogP contribution in [0, 0.1) is 5.92 Å². The van der Waals surface area contributed by atoms with Crippen LogP contribution in [0.2, 0.25) is 0 Å². The summed E-state index contributed by atoms with van der Waals surface area (Å²) >= 11 is 0. The molecule has 1 aromatic carbocycles. The zero-order valence-electron chi connectivity index (χ0n) is 13.5. The third-order valence-electron chi connectivity index (χ3n) is 4.52. The summed E-state index contributed by atoms with van der Waals surface area (Å²) in [5.41, 5.74) is 0.993. The number of nitrogens with zero attached hydrogens (tertiary/aromatic N) is 1. The zero-order chi connectivity index (χ0) is 16.2. The van der Waals surface area contributed by atoms with Crippen molar-refractivity contribution in [3.05, 3.63) is 35.9 Å². The number of benzene rings is 1. The van der Waals surface area contributed by atoms with Crippen LogP contribution in [-0.2, 0) is 14.3 Å². The molecule has 0 bridgehead atoms. The van der Waals surface area contributed by atoms with Crippen molar-refractivity contribution in [2.24, 2.45) is 5.92 Å². The molecule has 0 radical (unpaired) electrons. The van der Waals surface area contributed by atoms with Gasteiger partial charge in [0.25, 0.3) is 5.91 Å². The topological polar surface area (TPSA) is 58.6 Å². The van der Waals surface area contributed by atoms with Gasteiger partial charge in [-0.25, -0.2) is 0 Å². The van der Waals surface area contributed by atoms with Crippen LogP contribution in [0.3, 0.4) is 0 Å². The maximum Gasteiger partial charge on any atom is 0.251 e. The minimum Gasteiger partial charge on any atom is -0.368 e. The number of amides is 2. The summed E-state index contributed by atoms with van der Waals surface area (Å²) in [6, 6.07) is 9.53. The summed E-state index contributed by atoms with van der Waals surface area (Å²) < 4.78 is 5.74. The van der Waals surface area contributed by atoms with Crippen molar-refractivity contribution < 1.29 is 14.3 Å². The SMILES string of the molecule is C[C@H](OCC1CC1)C(=O)N1CCNC(=O)C[C@H]1c1ccccc1. The van der Waals surface area contributed by atoms with Gasteiger partial charge in [-0.05, 0) is 31.2 Å². The van der Waals surface area contributed by atoms with E-state index in [4.69, 9.17) is 4.74 Å². The lowest BCUT2D eigenvalue weighted by molar-refractivity contribution is -0.145. The molecule has 1 aliphatic heterocycles. The number of hydrogen-bond acceptors (Lipinski definition) is 3. The number of ether oxygens (including phenoxy) is 1.